The van der Waals surface area contributed by atoms with Gasteiger partial charge >= 0.3 is 0 Å². The molecule has 0 spiro atoms. The molecule has 3 rings (SSSR count). The summed E-state index contributed by atoms with van der Waals surface area (Å²) in [5.41, 5.74) is 1.39. The summed E-state index contributed by atoms with van der Waals surface area (Å²) in [4.78, 5) is 0. The van der Waals surface area contributed by atoms with Crippen molar-refractivity contribution >= 4 is 0 Å². The molecular formula is C19H22O. The molecule has 2 aromatic carbocycles. The smallest absolute Gasteiger partial charge is 0.130 e. The minimum absolute atomic E-state index is 0.664. The topological polar surface area (TPSA) is 9.23 Å². The highest BCUT2D eigenvalue weighted by Gasteiger charge is 2.18. The van der Waals surface area contributed by atoms with E-state index in [0.29, 0.717) is 5.92 Å². The lowest BCUT2D eigenvalue weighted by Gasteiger charge is -2.18. The van der Waals surface area contributed by atoms with E-state index in [1.54, 1.807) is 0 Å². The fraction of sp³-hybridized carbons (Fsp3) is 0.368. The number of hydrogen-bond acceptors (Lipinski definition) is 1. The van der Waals surface area contributed by atoms with E-state index >= 15 is 0 Å². The molecule has 0 N–H and O–H groups in total. The Morgan fingerprint density at radius 3 is 2.10 bits per heavy atom. The normalized spacial score (nSPS) is 16.6. The Morgan fingerprint density at radius 2 is 1.35 bits per heavy atom. The van der Waals surface area contributed by atoms with Crippen LogP contribution in [0.4, 0.5) is 0 Å². The lowest BCUT2D eigenvalue weighted by Crippen LogP contribution is -2.00. The standard InChI is InChI=1S/C19H22O/c1-2-5-11-16(10-4-1)18-14-8-9-15-19(18)20-17-12-6-3-7-13-17/h3,6-9,12-16H,1-2,4-5,10-11H2. The molecular weight excluding hydrogens is 244 g/mol. The van der Waals surface area contributed by atoms with E-state index in [9.17, 15) is 0 Å². The first-order valence-electron chi connectivity index (χ1n) is 7.75. The van der Waals surface area contributed by atoms with Crippen molar-refractivity contribution < 1.29 is 4.74 Å². The summed E-state index contributed by atoms with van der Waals surface area (Å²) < 4.78 is 6.10. The highest BCUT2D eigenvalue weighted by atomic mass is 16.5. The molecule has 0 saturated heterocycles. The van der Waals surface area contributed by atoms with E-state index in [1.807, 2.05) is 30.3 Å². The van der Waals surface area contributed by atoms with Gasteiger partial charge in [0.05, 0.1) is 0 Å². The van der Waals surface area contributed by atoms with Crippen molar-refractivity contribution in [1.29, 1.82) is 0 Å². The van der Waals surface area contributed by atoms with Gasteiger partial charge in [-0.05, 0) is 42.5 Å². The minimum atomic E-state index is 0.664. The van der Waals surface area contributed by atoms with E-state index in [4.69, 9.17) is 4.74 Å². The quantitative estimate of drug-likeness (QED) is 0.627. The zero-order valence-corrected chi connectivity index (χ0v) is 11.9. The van der Waals surface area contributed by atoms with Crippen molar-refractivity contribution in [1.82, 2.24) is 0 Å². The summed E-state index contributed by atoms with van der Waals surface area (Å²) >= 11 is 0. The van der Waals surface area contributed by atoms with Crippen LogP contribution in [-0.2, 0) is 0 Å². The van der Waals surface area contributed by atoms with E-state index in [1.165, 1.54) is 44.1 Å². The fourth-order valence-electron chi connectivity index (χ4n) is 3.12. The molecule has 1 nitrogen and oxygen atoms in total. The maximum Gasteiger partial charge on any atom is 0.130 e. The number of hydrogen-bond donors (Lipinski definition) is 0. The highest BCUT2D eigenvalue weighted by molar-refractivity contribution is 5.40. The van der Waals surface area contributed by atoms with Crippen LogP contribution in [0.1, 0.15) is 50.0 Å². The average molecular weight is 266 g/mol. The number of rotatable bonds is 3. The first kappa shape index (κ1) is 13.2. The second kappa shape index (κ2) is 6.60. The van der Waals surface area contributed by atoms with Crippen LogP contribution < -0.4 is 4.74 Å². The zero-order valence-electron chi connectivity index (χ0n) is 11.9. The largest absolute Gasteiger partial charge is 0.457 e. The van der Waals surface area contributed by atoms with E-state index in [2.05, 4.69) is 24.3 Å². The van der Waals surface area contributed by atoms with E-state index < -0.39 is 0 Å². The zero-order chi connectivity index (χ0) is 13.6. The van der Waals surface area contributed by atoms with Crippen molar-refractivity contribution in [2.24, 2.45) is 0 Å². The van der Waals surface area contributed by atoms with Gasteiger partial charge in [-0.3, -0.25) is 0 Å². The molecule has 0 aromatic heterocycles. The first-order valence-corrected chi connectivity index (χ1v) is 7.75. The van der Waals surface area contributed by atoms with Crippen LogP contribution in [0.25, 0.3) is 0 Å². The molecule has 2 aromatic rings. The van der Waals surface area contributed by atoms with Gasteiger partial charge in [0.15, 0.2) is 0 Å². The van der Waals surface area contributed by atoms with Crippen LogP contribution in [0.15, 0.2) is 54.6 Å². The van der Waals surface area contributed by atoms with Crippen molar-refractivity contribution in [3.8, 4) is 11.5 Å². The molecule has 0 amide bonds. The predicted octanol–water partition coefficient (Wildman–Crippen LogP) is 5.92. The molecule has 1 saturated carbocycles. The Labute approximate surface area is 121 Å². The average Bonchev–Trinajstić information content (AvgIpc) is 2.78. The van der Waals surface area contributed by atoms with Gasteiger partial charge in [0.25, 0.3) is 0 Å². The SMILES string of the molecule is c1ccc(Oc2ccccc2C2CCCCCC2)cc1. The predicted molar refractivity (Wildman–Crippen MR) is 83.4 cm³/mol. The van der Waals surface area contributed by atoms with Gasteiger partial charge < -0.3 is 4.74 Å². The number of benzene rings is 2. The molecule has 1 aliphatic carbocycles. The molecule has 0 aliphatic heterocycles. The summed E-state index contributed by atoms with van der Waals surface area (Å²) in [6.07, 6.45) is 8.08. The Bertz CT molecular complexity index is 524. The van der Waals surface area contributed by atoms with Crippen molar-refractivity contribution in [2.75, 3.05) is 0 Å². The lowest BCUT2D eigenvalue weighted by atomic mass is 9.91. The van der Waals surface area contributed by atoms with Gasteiger partial charge in [0.2, 0.25) is 0 Å². The summed E-state index contributed by atoms with van der Waals surface area (Å²) in [6, 6.07) is 18.6. The van der Waals surface area contributed by atoms with Gasteiger partial charge in [-0.15, -0.1) is 0 Å². The lowest BCUT2D eigenvalue weighted by molar-refractivity contribution is 0.462. The van der Waals surface area contributed by atoms with Crippen LogP contribution in [0.2, 0.25) is 0 Å². The summed E-state index contributed by atoms with van der Waals surface area (Å²) in [7, 11) is 0. The minimum Gasteiger partial charge on any atom is -0.457 e. The van der Waals surface area contributed by atoms with Gasteiger partial charge in [-0.1, -0.05) is 62.1 Å². The second-order valence-electron chi connectivity index (χ2n) is 5.64. The molecule has 0 heterocycles. The third kappa shape index (κ3) is 3.22. The molecule has 104 valence electrons. The molecule has 1 heteroatoms. The maximum atomic E-state index is 6.10. The third-order valence-electron chi connectivity index (χ3n) is 4.19. The van der Waals surface area contributed by atoms with Crippen LogP contribution in [0.3, 0.4) is 0 Å². The second-order valence-corrected chi connectivity index (χ2v) is 5.64. The first-order chi connectivity index (χ1) is 9.93. The third-order valence-corrected chi connectivity index (χ3v) is 4.19. The van der Waals surface area contributed by atoms with Crippen LogP contribution in [-0.4, -0.2) is 0 Å². The molecule has 0 bridgehead atoms. The molecule has 1 fully saturated rings. The Balaban J connectivity index is 1.84. The van der Waals surface area contributed by atoms with Crippen LogP contribution >= 0.6 is 0 Å². The van der Waals surface area contributed by atoms with Crippen LogP contribution in [0, 0.1) is 0 Å². The fourth-order valence-corrected chi connectivity index (χ4v) is 3.12. The highest BCUT2D eigenvalue weighted by Crippen LogP contribution is 2.37. The van der Waals surface area contributed by atoms with Crippen molar-refractivity contribution in [3.63, 3.8) is 0 Å². The summed E-state index contributed by atoms with van der Waals surface area (Å²) in [6.45, 7) is 0. The summed E-state index contributed by atoms with van der Waals surface area (Å²) in [5.74, 6) is 2.62. The molecule has 0 radical (unpaired) electrons. The number of ether oxygens (including phenoxy) is 1. The molecule has 0 atom stereocenters. The molecule has 0 unspecified atom stereocenters. The Hall–Kier alpha value is -1.76. The van der Waals surface area contributed by atoms with Gasteiger partial charge in [-0.25, -0.2) is 0 Å². The van der Waals surface area contributed by atoms with E-state index in [-0.39, 0.29) is 0 Å². The van der Waals surface area contributed by atoms with E-state index in [0.717, 1.165) is 11.5 Å². The molecule has 1 aliphatic rings. The Kier molecular flexibility index (Phi) is 4.37. The van der Waals surface area contributed by atoms with Crippen molar-refractivity contribution in [3.05, 3.63) is 60.2 Å². The van der Waals surface area contributed by atoms with Crippen molar-refractivity contribution in [2.45, 2.75) is 44.4 Å². The monoisotopic (exact) mass is 266 g/mol. The van der Waals surface area contributed by atoms with Crippen LogP contribution in [0.5, 0.6) is 11.5 Å². The maximum absolute atomic E-state index is 6.10. The Morgan fingerprint density at radius 1 is 0.700 bits per heavy atom. The van der Waals surface area contributed by atoms with Gasteiger partial charge in [0, 0.05) is 0 Å². The summed E-state index contributed by atoms with van der Waals surface area (Å²) in [5, 5.41) is 0. The van der Waals surface area contributed by atoms with Gasteiger partial charge in [0.1, 0.15) is 11.5 Å². The molecule has 20 heavy (non-hydrogen) atoms. The number of para-hydroxylation sites is 2. The van der Waals surface area contributed by atoms with Gasteiger partial charge in [-0.2, -0.15) is 0 Å².